The summed E-state index contributed by atoms with van der Waals surface area (Å²) in [7, 11) is 0. The quantitative estimate of drug-likeness (QED) is 0.516. The van der Waals surface area contributed by atoms with E-state index in [1.54, 1.807) is 0 Å². The van der Waals surface area contributed by atoms with Gasteiger partial charge in [-0.15, -0.1) is 37.9 Å². The van der Waals surface area contributed by atoms with Gasteiger partial charge in [-0.05, 0) is 13.1 Å². The van der Waals surface area contributed by atoms with Gasteiger partial charge in [0.1, 0.15) is 0 Å². The summed E-state index contributed by atoms with van der Waals surface area (Å²) in [5.74, 6) is 0. The van der Waals surface area contributed by atoms with Gasteiger partial charge in [-0.3, -0.25) is 0 Å². The van der Waals surface area contributed by atoms with E-state index in [2.05, 4.69) is 10.6 Å². The van der Waals surface area contributed by atoms with Crippen LogP contribution >= 0.6 is 24.8 Å². The fourth-order valence-corrected chi connectivity index (χ4v) is 0.869. The summed E-state index contributed by atoms with van der Waals surface area (Å²) in [4.78, 5) is 0. The third-order valence-electron chi connectivity index (χ3n) is 1.34. The molecule has 1 N–H and O–H groups in total. The van der Waals surface area contributed by atoms with Gasteiger partial charge in [0.2, 0.25) is 0 Å². The standard InChI is InChI=1S/C6H13N2.CH3.2ClH.Ti/c1-3-7-5-2-6-8-4-1;;;;/h7H,1-6H2;1H3;2*1H;/q2*-1;;;+2. The summed E-state index contributed by atoms with van der Waals surface area (Å²) >= 11 is 0. The van der Waals surface area contributed by atoms with E-state index in [1.165, 1.54) is 12.8 Å². The molecular weight excluding hydrogens is 231 g/mol. The first-order valence-corrected chi connectivity index (χ1v) is 3.34. The van der Waals surface area contributed by atoms with Crippen molar-refractivity contribution in [1.29, 1.82) is 0 Å². The Morgan fingerprint density at radius 2 is 1.33 bits per heavy atom. The van der Waals surface area contributed by atoms with E-state index in [0.29, 0.717) is 0 Å². The fraction of sp³-hybridized carbons (Fsp3) is 0.857. The molecule has 0 saturated carbocycles. The molecule has 74 valence electrons. The monoisotopic (exact) mass is 248 g/mol. The Morgan fingerprint density at radius 3 is 1.75 bits per heavy atom. The summed E-state index contributed by atoms with van der Waals surface area (Å²) in [6.07, 6.45) is 2.44. The molecule has 0 aromatic heterocycles. The van der Waals surface area contributed by atoms with Gasteiger partial charge in [-0.1, -0.05) is 12.8 Å². The Bertz CT molecular complexity index is 43.4. The number of rotatable bonds is 0. The molecule has 2 nitrogen and oxygen atoms in total. The van der Waals surface area contributed by atoms with Gasteiger partial charge < -0.3 is 18.1 Å². The van der Waals surface area contributed by atoms with Crippen molar-refractivity contribution < 1.29 is 21.7 Å². The Morgan fingerprint density at radius 1 is 0.917 bits per heavy atom. The molecule has 0 bridgehead atoms. The third-order valence-corrected chi connectivity index (χ3v) is 1.34. The van der Waals surface area contributed by atoms with Gasteiger partial charge in [0.25, 0.3) is 0 Å². The minimum absolute atomic E-state index is 0. The van der Waals surface area contributed by atoms with Crippen molar-refractivity contribution in [3.05, 3.63) is 12.7 Å². The molecule has 1 fully saturated rings. The second-order valence-electron chi connectivity index (χ2n) is 2.13. The van der Waals surface area contributed by atoms with E-state index in [0.717, 1.165) is 26.2 Å². The van der Waals surface area contributed by atoms with Gasteiger partial charge in [0.05, 0.1) is 0 Å². The Hall–Kier alpha value is 1.21. The maximum absolute atomic E-state index is 4.29. The number of nitrogens with one attached hydrogen (secondary N) is 1. The van der Waals surface area contributed by atoms with E-state index in [1.807, 2.05) is 0 Å². The maximum Gasteiger partial charge on any atom is 2.00 e. The molecule has 1 saturated heterocycles. The SMILES string of the molecule is C1C[N-]CCCNC1.Cl.Cl.[CH3-].[Ti+2]. The average molecular weight is 249 g/mol. The maximum atomic E-state index is 4.29. The molecule has 0 amide bonds. The molecule has 0 radical (unpaired) electrons. The van der Waals surface area contributed by atoms with Gasteiger partial charge in [0, 0.05) is 0 Å². The van der Waals surface area contributed by atoms with Crippen molar-refractivity contribution in [3.8, 4) is 0 Å². The van der Waals surface area contributed by atoms with Gasteiger partial charge >= 0.3 is 21.7 Å². The summed E-state index contributed by atoms with van der Waals surface area (Å²) in [5.41, 5.74) is 0. The van der Waals surface area contributed by atoms with Crippen molar-refractivity contribution in [2.75, 3.05) is 26.2 Å². The Labute approximate surface area is 103 Å². The predicted molar refractivity (Wildman–Crippen MR) is 56.1 cm³/mol. The smallest absolute Gasteiger partial charge is 0.662 e. The van der Waals surface area contributed by atoms with Crippen LogP contribution in [-0.2, 0) is 21.7 Å². The molecule has 1 rings (SSSR count). The van der Waals surface area contributed by atoms with Crippen LogP contribution < -0.4 is 5.32 Å². The van der Waals surface area contributed by atoms with E-state index < -0.39 is 0 Å². The van der Waals surface area contributed by atoms with Crippen LogP contribution in [0.5, 0.6) is 0 Å². The molecule has 0 aromatic carbocycles. The first kappa shape index (κ1) is 23.2. The van der Waals surface area contributed by atoms with E-state index in [-0.39, 0.29) is 54.0 Å². The normalized spacial score (nSPS) is 16.0. The van der Waals surface area contributed by atoms with Crippen molar-refractivity contribution in [2.24, 2.45) is 0 Å². The molecule has 0 aliphatic carbocycles. The van der Waals surface area contributed by atoms with Crippen molar-refractivity contribution in [1.82, 2.24) is 5.32 Å². The minimum atomic E-state index is 0. The van der Waals surface area contributed by atoms with Crippen LogP contribution in [0.2, 0.25) is 0 Å². The molecule has 0 spiro atoms. The summed E-state index contributed by atoms with van der Waals surface area (Å²) in [6, 6.07) is 0. The van der Waals surface area contributed by atoms with Crippen LogP contribution in [0.1, 0.15) is 12.8 Å². The van der Waals surface area contributed by atoms with Crippen LogP contribution in [0.25, 0.3) is 5.32 Å². The zero-order valence-corrected chi connectivity index (χ0v) is 10.7. The Kier molecular flexibility index (Phi) is 35.0. The zero-order valence-electron chi connectivity index (χ0n) is 7.51. The van der Waals surface area contributed by atoms with Crippen LogP contribution in [-0.4, -0.2) is 26.2 Å². The first-order valence-electron chi connectivity index (χ1n) is 3.34. The minimum Gasteiger partial charge on any atom is -0.662 e. The molecular formula is C7H18Cl2N2Ti. The van der Waals surface area contributed by atoms with Crippen LogP contribution in [0, 0.1) is 7.43 Å². The molecule has 1 heterocycles. The molecule has 0 aromatic rings. The largest absolute Gasteiger partial charge is 2.00 e. The van der Waals surface area contributed by atoms with Crippen molar-refractivity contribution in [2.45, 2.75) is 12.8 Å². The van der Waals surface area contributed by atoms with Crippen LogP contribution in [0.4, 0.5) is 0 Å². The number of halogens is 2. The fourth-order valence-electron chi connectivity index (χ4n) is 0.869. The molecule has 5 heteroatoms. The topological polar surface area (TPSA) is 26.1 Å². The predicted octanol–water partition coefficient (Wildman–Crippen LogP) is 2.03. The van der Waals surface area contributed by atoms with Gasteiger partial charge in [-0.2, -0.15) is 0 Å². The Balaban J connectivity index is -0.0000000800. The molecule has 1 aliphatic rings. The summed E-state index contributed by atoms with van der Waals surface area (Å²) in [6.45, 7) is 4.44. The van der Waals surface area contributed by atoms with Crippen LogP contribution in [0.3, 0.4) is 0 Å². The first-order chi connectivity index (χ1) is 4.00. The third kappa shape index (κ3) is 13.8. The van der Waals surface area contributed by atoms with Crippen molar-refractivity contribution >= 4 is 24.8 Å². The second kappa shape index (κ2) is 18.1. The number of nitrogens with zero attached hydrogens (tertiary/aromatic N) is 1. The number of hydrogen-bond donors (Lipinski definition) is 1. The summed E-state index contributed by atoms with van der Waals surface area (Å²) < 4.78 is 0. The average Bonchev–Trinajstić information content (AvgIpc) is 1.62. The molecule has 0 atom stereocenters. The van der Waals surface area contributed by atoms with E-state index in [4.69, 9.17) is 0 Å². The van der Waals surface area contributed by atoms with Gasteiger partial charge in [-0.25, -0.2) is 0 Å². The second-order valence-corrected chi connectivity index (χ2v) is 2.13. The molecule has 12 heavy (non-hydrogen) atoms. The van der Waals surface area contributed by atoms with E-state index >= 15 is 0 Å². The summed E-state index contributed by atoms with van der Waals surface area (Å²) in [5, 5.41) is 7.62. The molecule has 0 unspecified atom stereocenters. The van der Waals surface area contributed by atoms with Crippen LogP contribution in [0.15, 0.2) is 0 Å². The van der Waals surface area contributed by atoms with E-state index in [9.17, 15) is 0 Å². The molecule has 1 aliphatic heterocycles. The zero-order chi connectivity index (χ0) is 5.66. The van der Waals surface area contributed by atoms with Crippen molar-refractivity contribution in [3.63, 3.8) is 0 Å². The van der Waals surface area contributed by atoms with Gasteiger partial charge in [0.15, 0.2) is 0 Å². The number of hydrogen-bond acceptors (Lipinski definition) is 1.